The van der Waals surface area contributed by atoms with Gasteiger partial charge in [0.1, 0.15) is 17.0 Å². The Morgan fingerprint density at radius 1 is 1.10 bits per heavy atom. The van der Waals surface area contributed by atoms with Crippen molar-refractivity contribution in [3.63, 3.8) is 0 Å². The van der Waals surface area contributed by atoms with E-state index in [1.807, 2.05) is 36.4 Å². The number of aromatic hydroxyl groups is 2. The maximum atomic E-state index is 13.2. The predicted molar refractivity (Wildman–Crippen MR) is 151 cm³/mol. The van der Waals surface area contributed by atoms with Crippen LogP contribution in [0.25, 0.3) is 0 Å². The van der Waals surface area contributed by atoms with Gasteiger partial charge in [0.15, 0.2) is 5.75 Å². The summed E-state index contributed by atoms with van der Waals surface area (Å²) in [6, 6.07) is 11.6. The minimum absolute atomic E-state index is 0.00753. The fraction of sp³-hybridized carbons (Fsp3) is 0.438. The van der Waals surface area contributed by atoms with E-state index in [0.717, 1.165) is 37.0 Å². The number of phenols is 2. The lowest BCUT2D eigenvalue weighted by Crippen LogP contribution is -2.56. The number of hydrogen-bond acceptors (Lipinski definition) is 6. The molecule has 2 amide bonds. The van der Waals surface area contributed by atoms with Crippen molar-refractivity contribution in [2.75, 3.05) is 5.32 Å². The van der Waals surface area contributed by atoms with Gasteiger partial charge < -0.3 is 25.4 Å². The van der Waals surface area contributed by atoms with Gasteiger partial charge in [0, 0.05) is 17.8 Å². The van der Waals surface area contributed by atoms with Gasteiger partial charge in [-0.15, -0.1) is 0 Å². The zero-order chi connectivity index (χ0) is 29.2. The first-order valence-electron chi connectivity index (χ1n) is 14.1. The quantitative estimate of drug-likeness (QED) is 0.355. The number of carboxylic acid groups (broad SMARTS) is 1. The van der Waals surface area contributed by atoms with Gasteiger partial charge in [-0.1, -0.05) is 43.3 Å². The number of allylic oxidation sites excluding steroid dienone is 2. The Morgan fingerprint density at radius 2 is 1.85 bits per heavy atom. The van der Waals surface area contributed by atoms with Gasteiger partial charge in [-0.25, -0.2) is 9.79 Å². The van der Waals surface area contributed by atoms with Gasteiger partial charge in [0.05, 0.1) is 23.8 Å². The van der Waals surface area contributed by atoms with Crippen LogP contribution in [0.1, 0.15) is 61.9 Å². The molecule has 0 radical (unpaired) electrons. The van der Waals surface area contributed by atoms with Crippen molar-refractivity contribution in [1.29, 1.82) is 0 Å². The van der Waals surface area contributed by atoms with Gasteiger partial charge in [-0.2, -0.15) is 0 Å². The van der Waals surface area contributed by atoms with Crippen LogP contribution in [-0.4, -0.2) is 50.5 Å². The molecule has 2 saturated carbocycles. The number of nitrogens with one attached hydrogen (secondary N) is 1. The Labute approximate surface area is 238 Å². The lowest BCUT2D eigenvalue weighted by molar-refractivity contribution is -0.145. The van der Waals surface area contributed by atoms with E-state index in [2.05, 4.69) is 30.2 Å². The van der Waals surface area contributed by atoms with Crippen LogP contribution in [0.4, 0.5) is 5.69 Å². The molecule has 9 nitrogen and oxygen atoms in total. The van der Waals surface area contributed by atoms with E-state index in [-0.39, 0.29) is 47.5 Å². The molecule has 9 heteroatoms. The molecule has 2 aliphatic heterocycles. The van der Waals surface area contributed by atoms with Crippen LogP contribution in [0, 0.1) is 22.7 Å². The zero-order valence-corrected chi connectivity index (χ0v) is 23.1. The van der Waals surface area contributed by atoms with E-state index in [1.54, 1.807) is 0 Å². The molecule has 7 rings (SSSR count). The maximum absolute atomic E-state index is 13.2. The molecule has 6 atom stereocenters. The highest BCUT2D eigenvalue weighted by Crippen LogP contribution is 2.71. The van der Waals surface area contributed by atoms with E-state index in [9.17, 15) is 29.7 Å². The average Bonchev–Trinajstić information content (AvgIpc) is 3.28. The number of aliphatic imine (C=N–C) groups is 1. The summed E-state index contributed by atoms with van der Waals surface area (Å²) in [7, 11) is 0. The third-order valence-electron chi connectivity index (χ3n) is 9.91. The van der Waals surface area contributed by atoms with Crippen molar-refractivity contribution in [1.82, 2.24) is 0 Å². The fourth-order valence-corrected chi connectivity index (χ4v) is 8.22. The molecule has 2 saturated heterocycles. The van der Waals surface area contributed by atoms with Gasteiger partial charge in [0.25, 0.3) is 0 Å². The first kappa shape index (κ1) is 27.2. The van der Waals surface area contributed by atoms with Gasteiger partial charge >= 0.3 is 5.97 Å². The predicted octanol–water partition coefficient (Wildman–Crippen LogP) is 4.87. The first-order chi connectivity index (χ1) is 19.4. The average molecular weight is 559 g/mol. The van der Waals surface area contributed by atoms with E-state index in [1.165, 1.54) is 0 Å². The Hall–Kier alpha value is -3.98. The second kappa shape index (κ2) is 9.55. The third kappa shape index (κ3) is 4.43. The molecule has 2 aromatic carbocycles. The Balaban J connectivity index is 1.29. The first-order valence-corrected chi connectivity index (χ1v) is 14.1. The minimum atomic E-state index is -1.38. The topological polar surface area (TPSA) is 146 Å². The van der Waals surface area contributed by atoms with Crippen LogP contribution in [0.15, 0.2) is 59.6 Å². The number of carboxylic acids is 1. The van der Waals surface area contributed by atoms with Crippen molar-refractivity contribution in [2.24, 2.45) is 27.7 Å². The summed E-state index contributed by atoms with van der Waals surface area (Å²) >= 11 is 0. The molecule has 4 fully saturated rings. The third-order valence-corrected chi connectivity index (χ3v) is 9.91. The largest absolute Gasteiger partial charge is 0.506 e. The van der Waals surface area contributed by atoms with Crippen LogP contribution in [0.5, 0.6) is 11.5 Å². The number of aromatic carboxylic acids is 1. The molecule has 214 valence electrons. The van der Waals surface area contributed by atoms with E-state index >= 15 is 0 Å². The number of anilines is 1. The Morgan fingerprint density at radius 3 is 2.56 bits per heavy atom. The molecule has 0 unspecified atom stereocenters. The molecule has 3 aliphatic carbocycles. The van der Waals surface area contributed by atoms with Gasteiger partial charge in [-0.3, -0.25) is 9.59 Å². The standard InChI is InChI=1S/C32H34N2O7/c1-30(12-11-24(36)34-26-21(35)9-8-20(27(26)38)29(39)40)23(33-25(37)14-18-6-4-3-5-7-18)10-13-32-16-19-15-22(28(30)32)41-31(19,2)17-32/h3-10,13,19,22,28,35,38H,11-12,14-17H2,1-2H3,(H,34,36)(H,39,40)/t19-,22+,28+,30-,31+,32+/m1/s1. The number of carbonyl (C=O) groups is 3. The number of carbonyl (C=O) groups excluding carboxylic acids is 2. The van der Waals surface area contributed by atoms with Crippen LogP contribution >= 0.6 is 0 Å². The second-order valence-corrected chi connectivity index (χ2v) is 12.5. The van der Waals surface area contributed by atoms with Crippen molar-refractivity contribution in [3.05, 3.63) is 65.7 Å². The van der Waals surface area contributed by atoms with E-state index < -0.39 is 34.4 Å². The zero-order valence-electron chi connectivity index (χ0n) is 23.1. The van der Waals surface area contributed by atoms with Crippen LogP contribution < -0.4 is 5.32 Å². The van der Waals surface area contributed by atoms with Crippen molar-refractivity contribution in [3.8, 4) is 11.5 Å². The number of nitrogens with zero attached hydrogens (tertiary/aromatic N) is 1. The summed E-state index contributed by atoms with van der Waals surface area (Å²) in [5.74, 6) is -2.79. The van der Waals surface area contributed by atoms with E-state index in [0.29, 0.717) is 18.1 Å². The highest BCUT2D eigenvalue weighted by molar-refractivity contribution is 6.07. The summed E-state index contributed by atoms with van der Waals surface area (Å²) < 4.78 is 6.62. The summed E-state index contributed by atoms with van der Waals surface area (Å²) in [5, 5.41) is 32.4. The van der Waals surface area contributed by atoms with Crippen LogP contribution in [-0.2, 0) is 20.7 Å². The smallest absolute Gasteiger partial charge is 0.339 e. The van der Waals surface area contributed by atoms with Gasteiger partial charge in [-0.05, 0) is 67.7 Å². The number of rotatable bonds is 7. The summed E-state index contributed by atoms with van der Waals surface area (Å²) in [6.45, 7) is 4.25. The molecule has 4 bridgehead atoms. The summed E-state index contributed by atoms with van der Waals surface area (Å²) in [5.41, 5.74) is -0.196. The number of amides is 2. The highest BCUT2D eigenvalue weighted by atomic mass is 16.5. The number of ether oxygens (including phenoxy) is 1. The Kier molecular flexibility index (Phi) is 6.33. The molecular weight excluding hydrogens is 524 g/mol. The molecule has 2 aromatic rings. The number of benzene rings is 2. The molecule has 4 N–H and O–H groups in total. The van der Waals surface area contributed by atoms with E-state index in [4.69, 9.17) is 4.74 Å². The normalized spacial score (nSPS) is 33.6. The lowest BCUT2D eigenvalue weighted by atomic mass is 9.51. The molecule has 2 heterocycles. The van der Waals surface area contributed by atoms with Crippen LogP contribution in [0.2, 0.25) is 0 Å². The van der Waals surface area contributed by atoms with Gasteiger partial charge in [0.2, 0.25) is 11.8 Å². The second-order valence-electron chi connectivity index (χ2n) is 12.5. The van der Waals surface area contributed by atoms with Crippen molar-refractivity contribution in [2.45, 2.75) is 64.1 Å². The number of phenolic OH excluding ortho intramolecular Hbond substituents is 1. The molecule has 0 aromatic heterocycles. The summed E-state index contributed by atoms with van der Waals surface area (Å²) in [6.07, 6.45) is 7.52. The van der Waals surface area contributed by atoms with Crippen LogP contribution in [0.3, 0.4) is 0 Å². The maximum Gasteiger partial charge on any atom is 0.339 e. The van der Waals surface area contributed by atoms with Crippen molar-refractivity contribution >= 4 is 29.2 Å². The number of hydrogen-bond donors (Lipinski definition) is 4. The lowest BCUT2D eigenvalue weighted by Gasteiger charge is -2.56. The highest BCUT2D eigenvalue weighted by Gasteiger charge is 2.71. The SMILES string of the molecule is C[C@]12C[C@@]34C=CC(=NC(=O)Cc5ccccc5)[C@@](C)(CCC(=O)Nc5c(O)ccc(C(=O)O)c5O)[C@@H]3[C@H](C[C@@H]1C4)O2. The fourth-order valence-electron chi connectivity index (χ4n) is 8.22. The summed E-state index contributed by atoms with van der Waals surface area (Å²) in [4.78, 5) is 42.3. The van der Waals surface area contributed by atoms with Crippen molar-refractivity contribution < 1.29 is 34.4 Å². The monoisotopic (exact) mass is 558 g/mol. The molecular formula is C32H34N2O7. The Bertz CT molecular complexity index is 1500. The molecule has 41 heavy (non-hydrogen) atoms. The molecule has 1 spiro atoms. The molecule has 5 aliphatic rings. The minimum Gasteiger partial charge on any atom is -0.506 e.